The van der Waals surface area contributed by atoms with Crippen LogP contribution in [0.4, 0.5) is 4.39 Å². The van der Waals surface area contributed by atoms with E-state index in [0.29, 0.717) is 24.7 Å². The maximum Gasteiger partial charge on any atom is 0.248 e. The fourth-order valence-electron chi connectivity index (χ4n) is 2.42. The van der Waals surface area contributed by atoms with Crippen molar-refractivity contribution in [2.24, 2.45) is 11.5 Å². The third-order valence-corrected chi connectivity index (χ3v) is 3.48. The quantitative estimate of drug-likeness (QED) is 0.833. The molecule has 0 bridgehead atoms. The average Bonchev–Trinajstić information content (AvgIpc) is 2.78. The van der Waals surface area contributed by atoms with Crippen LogP contribution in [0.1, 0.15) is 28.8 Å². The number of hydrogen-bond acceptors (Lipinski definition) is 3. The third-order valence-electron chi connectivity index (χ3n) is 3.48. The summed E-state index contributed by atoms with van der Waals surface area (Å²) in [7, 11) is 0. The monoisotopic (exact) mass is 251 g/mol. The van der Waals surface area contributed by atoms with Crippen LogP contribution in [-0.2, 0) is 6.54 Å². The Balaban J connectivity index is 2.12. The first kappa shape index (κ1) is 13.0. The Bertz CT molecular complexity index is 450. The van der Waals surface area contributed by atoms with Gasteiger partial charge in [-0.25, -0.2) is 4.39 Å². The predicted octanol–water partition coefficient (Wildman–Crippen LogP) is 0.848. The van der Waals surface area contributed by atoms with E-state index in [-0.39, 0.29) is 11.4 Å². The fourth-order valence-corrected chi connectivity index (χ4v) is 2.42. The van der Waals surface area contributed by atoms with Gasteiger partial charge in [-0.2, -0.15) is 0 Å². The molecule has 1 aliphatic rings. The van der Waals surface area contributed by atoms with E-state index in [1.54, 1.807) is 12.1 Å². The van der Waals surface area contributed by atoms with Crippen molar-refractivity contribution < 1.29 is 9.18 Å². The molecule has 0 radical (unpaired) electrons. The molecule has 1 aliphatic heterocycles. The van der Waals surface area contributed by atoms with Crippen LogP contribution in [0.2, 0.25) is 0 Å². The zero-order valence-electron chi connectivity index (χ0n) is 10.2. The molecule has 0 saturated carbocycles. The third kappa shape index (κ3) is 2.68. The lowest BCUT2D eigenvalue weighted by molar-refractivity contribution is 0.1000. The fraction of sp³-hybridized carbons (Fsp3) is 0.462. The van der Waals surface area contributed by atoms with Crippen molar-refractivity contribution in [3.63, 3.8) is 0 Å². The number of benzene rings is 1. The molecule has 1 aromatic rings. The van der Waals surface area contributed by atoms with Gasteiger partial charge in [-0.3, -0.25) is 9.69 Å². The van der Waals surface area contributed by atoms with Gasteiger partial charge in [0, 0.05) is 30.3 Å². The van der Waals surface area contributed by atoms with Gasteiger partial charge in [0.2, 0.25) is 5.91 Å². The van der Waals surface area contributed by atoms with Crippen molar-refractivity contribution >= 4 is 5.91 Å². The van der Waals surface area contributed by atoms with Crippen LogP contribution in [0, 0.1) is 5.82 Å². The normalized spacial score (nSPS) is 20.2. The molecule has 0 aromatic heterocycles. The molecular weight excluding hydrogens is 233 g/mol. The largest absolute Gasteiger partial charge is 0.366 e. The van der Waals surface area contributed by atoms with Gasteiger partial charge in [-0.1, -0.05) is 6.07 Å². The maximum absolute atomic E-state index is 13.8. The number of carbonyl (C=O) groups excluding carboxylic acids is 1. The minimum absolute atomic E-state index is 0.202. The highest BCUT2D eigenvalue weighted by Gasteiger charge is 2.23. The molecule has 1 heterocycles. The summed E-state index contributed by atoms with van der Waals surface area (Å²) < 4.78 is 13.8. The van der Waals surface area contributed by atoms with Gasteiger partial charge in [0.1, 0.15) is 5.82 Å². The van der Waals surface area contributed by atoms with Gasteiger partial charge in [0.05, 0.1) is 0 Å². The van der Waals surface area contributed by atoms with Crippen molar-refractivity contribution in [3.8, 4) is 0 Å². The summed E-state index contributed by atoms with van der Waals surface area (Å²) in [5.41, 5.74) is 11.6. The number of hydrogen-bond donors (Lipinski definition) is 2. The molecule has 1 atom stereocenters. The van der Waals surface area contributed by atoms with Crippen molar-refractivity contribution in [3.05, 3.63) is 35.1 Å². The highest BCUT2D eigenvalue weighted by atomic mass is 19.1. The van der Waals surface area contributed by atoms with Crippen LogP contribution in [0.15, 0.2) is 18.2 Å². The standard InChI is InChI=1S/C13H18FN3O/c14-12-6-9(13(16)18)3-4-10(12)8-17-5-1-2-11(17)7-15/h3-4,6,11H,1-2,5,7-8,15H2,(H2,16,18). The van der Waals surface area contributed by atoms with Gasteiger partial charge in [-0.05, 0) is 31.5 Å². The molecule has 2 rings (SSSR count). The van der Waals surface area contributed by atoms with Crippen LogP contribution in [0.3, 0.4) is 0 Å². The van der Waals surface area contributed by atoms with Crippen molar-refractivity contribution in [1.82, 2.24) is 4.90 Å². The second-order valence-corrected chi connectivity index (χ2v) is 4.67. The summed E-state index contributed by atoms with van der Waals surface area (Å²) in [6.07, 6.45) is 2.17. The summed E-state index contributed by atoms with van der Waals surface area (Å²) in [5.74, 6) is -0.990. The molecule has 1 saturated heterocycles. The first-order valence-corrected chi connectivity index (χ1v) is 6.14. The first-order valence-electron chi connectivity index (χ1n) is 6.14. The highest BCUT2D eigenvalue weighted by molar-refractivity contribution is 5.92. The molecule has 1 fully saturated rings. The Kier molecular flexibility index (Phi) is 3.93. The van der Waals surface area contributed by atoms with Crippen molar-refractivity contribution in [2.75, 3.05) is 13.1 Å². The van der Waals surface area contributed by atoms with E-state index in [9.17, 15) is 9.18 Å². The average molecular weight is 251 g/mol. The summed E-state index contributed by atoms with van der Waals surface area (Å²) in [4.78, 5) is 13.1. The number of nitrogens with zero attached hydrogens (tertiary/aromatic N) is 1. The van der Waals surface area contributed by atoms with E-state index >= 15 is 0 Å². The van der Waals surface area contributed by atoms with Gasteiger partial charge in [0.15, 0.2) is 0 Å². The molecular formula is C13H18FN3O. The molecule has 4 N–H and O–H groups in total. The van der Waals surface area contributed by atoms with E-state index in [1.165, 1.54) is 6.07 Å². The Morgan fingerprint density at radius 3 is 2.89 bits per heavy atom. The molecule has 1 aromatic carbocycles. The summed E-state index contributed by atoms with van der Waals surface area (Å²) >= 11 is 0. The SMILES string of the molecule is NCC1CCCN1Cc1ccc(C(N)=O)cc1F. The maximum atomic E-state index is 13.8. The zero-order chi connectivity index (χ0) is 13.1. The van der Waals surface area contributed by atoms with Crippen molar-refractivity contribution in [2.45, 2.75) is 25.4 Å². The number of halogens is 1. The van der Waals surface area contributed by atoms with Crippen molar-refractivity contribution in [1.29, 1.82) is 0 Å². The number of carbonyl (C=O) groups is 1. The second-order valence-electron chi connectivity index (χ2n) is 4.67. The molecule has 4 nitrogen and oxygen atoms in total. The minimum Gasteiger partial charge on any atom is -0.366 e. The molecule has 5 heteroatoms. The summed E-state index contributed by atoms with van der Waals surface area (Å²) in [6.45, 7) is 2.08. The van der Waals surface area contributed by atoms with E-state index in [0.717, 1.165) is 19.4 Å². The van der Waals surface area contributed by atoms with E-state index in [1.807, 2.05) is 0 Å². The Hall–Kier alpha value is -1.46. The molecule has 1 unspecified atom stereocenters. The molecule has 0 aliphatic carbocycles. The smallest absolute Gasteiger partial charge is 0.248 e. The number of rotatable bonds is 4. The molecule has 18 heavy (non-hydrogen) atoms. The van der Waals surface area contributed by atoms with Gasteiger partial charge < -0.3 is 11.5 Å². The summed E-state index contributed by atoms with van der Waals surface area (Å²) in [5, 5.41) is 0. The van der Waals surface area contributed by atoms with Gasteiger partial charge in [0.25, 0.3) is 0 Å². The minimum atomic E-state index is -0.610. The summed E-state index contributed by atoms with van der Waals surface area (Å²) in [6, 6.07) is 4.72. The second kappa shape index (κ2) is 5.46. The van der Waals surface area contributed by atoms with Crippen LogP contribution in [-0.4, -0.2) is 29.9 Å². The zero-order valence-corrected chi connectivity index (χ0v) is 10.2. The predicted molar refractivity (Wildman–Crippen MR) is 67.4 cm³/mol. The lowest BCUT2D eigenvalue weighted by Gasteiger charge is -2.23. The molecule has 98 valence electrons. The van der Waals surface area contributed by atoms with Crippen LogP contribution in [0.25, 0.3) is 0 Å². The van der Waals surface area contributed by atoms with Gasteiger partial charge in [-0.15, -0.1) is 0 Å². The number of amides is 1. The number of nitrogens with two attached hydrogens (primary N) is 2. The van der Waals surface area contributed by atoms with E-state index in [4.69, 9.17) is 11.5 Å². The van der Waals surface area contributed by atoms with Gasteiger partial charge >= 0.3 is 0 Å². The van der Waals surface area contributed by atoms with E-state index in [2.05, 4.69) is 4.90 Å². The number of primary amides is 1. The number of likely N-dealkylation sites (tertiary alicyclic amines) is 1. The lowest BCUT2D eigenvalue weighted by atomic mass is 10.1. The van der Waals surface area contributed by atoms with Crippen LogP contribution in [0.5, 0.6) is 0 Å². The topological polar surface area (TPSA) is 72.3 Å². The molecule has 0 spiro atoms. The van der Waals surface area contributed by atoms with E-state index < -0.39 is 5.91 Å². The Morgan fingerprint density at radius 1 is 1.50 bits per heavy atom. The van der Waals surface area contributed by atoms with Crippen LogP contribution >= 0.6 is 0 Å². The Morgan fingerprint density at radius 2 is 2.28 bits per heavy atom. The Labute approximate surface area is 106 Å². The highest BCUT2D eigenvalue weighted by Crippen LogP contribution is 2.21. The first-order chi connectivity index (χ1) is 8.61. The van der Waals surface area contributed by atoms with Crippen LogP contribution < -0.4 is 11.5 Å². The molecule has 1 amide bonds. The lowest BCUT2D eigenvalue weighted by Crippen LogP contribution is -2.35.